The van der Waals surface area contributed by atoms with E-state index in [1.807, 2.05) is 0 Å². The van der Waals surface area contributed by atoms with E-state index in [-0.39, 0.29) is 0 Å². The summed E-state index contributed by atoms with van der Waals surface area (Å²) in [4.78, 5) is 0. The molecule has 0 spiro atoms. The van der Waals surface area contributed by atoms with Gasteiger partial charge in [-0.3, -0.25) is 0 Å². The van der Waals surface area contributed by atoms with Crippen LogP contribution in [0, 0.1) is 6.92 Å². The summed E-state index contributed by atoms with van der Waals surface area (Å²) in [6.07, 6.45) is 0. The molecule has 70 valence electrons. The van der Waals surface area contributed by atoms with Crippen molar-refractivity contribution in [2.45, 2.75) is 26.1 Å². The lowest BCUT2D eigenvalue weighted by Crippen LogP contribution is -2.26. The Morgan fingerprint density at radius 2 is 1.77 bits per heavy atom. The Balaban J connectivity index is 2.75. The van der Waals surface area contributed by atoms with Crippen LogP contribution in [-0.2, 0) is 6.04 Å². The molecule has 0 saturated carbocycles. The molecule has 1 aromatic carbocycles. The zero-order valence-electron chi connectivity index (χ0n) is 8.80. The molecule has 0 amide bonds. The monoisotopic (exact) mass is 190 g/mol. The van der Waals surface area contributed by atoms with Crippen molar-refractivity contribution >= 4 is 8.07 Å². The molecular formula is C12H18Si. The van der Waals surface area contributed by atoms with Crippen LogP contribution in [0.2, 0.25) is 13.1 Å². The molecule has 0 radical (unpaired) electrons. The van der Waals surface area contributed by atoms with Gasteiger partial charge in [0.25, 0.3) is 0 Å². The molecule has 0 aliphatic heterocycles. The molecule has 0 N–H and O–H groups in total. The molecule has 1 heteroatoms. The number of hydrogen-bond donors (Lipinski definition) is 0. The van der Waals surface area contributed by atoms with Crippen LogP contribution in [0.25, 0.3) is 0 Å². The fourth-order valence-electron chi connectivity index (χ4n) is 1.30. The van der Waals surface area contributed by atoms with E-state index in [1.165, 1.54) is 17.2 Å². The van der Waals surface area contributed by atoms with Gasteiger partial charge in [-0.15, -0.1) is 12.3 Å². The molecule has 13 heavy (non-hydrogen) atoms. The molecule has 0 atom stereocenters. The predicted molar refractivity (Wildman–Crippen MR) is 62.6 cm³/mol. The lowest BCUT2D eigenvalue weighted by Gasteiger charge is -2.16. The summed E-state index contributed by atoms with van der Waals surface area (Å²) in [5.41, 5.74) is 4.94. The van der Waals surface area contributed by atoms with Crippen molar-refractivity contribution in [3.8, 4) is 0 Å². The topological polar surface area (TPSA) is 0 Å². The van der Waals surface area contributed by atoms with Crippen LogP contribution in [0.1, 0.15) is 11.1 Å². The van der Waals surface area contributed by atoms with E-state index in [4.69, 9.17) is 0 Å². The largest absolute Gasteiger partial charge is 0.107 e. The van der Waals surface area contributed by atoms with Crippen molar-refractivity contribution in [2.75, 3.05) is 0 Å². The maximum absolute atomic E-state index is 3.91. The van der Waals surface area contributed by atoms with Crippen molar-refractivity contribution in [1.29, 1.82) is 0 Å². The maximum Gasteiger partial charge on any atom is 0.0752 e. The number of aryl methyl sites for hydroxylation is 1. The van der Waals surface area contributed by atoms with Gasteiger partial charge in [-0.1, -0.05) is 48.5 Å². The summed E-state index contributed by atoms with van der Waals surface area (Å²) >= 11 is 0. The smallest absolute Gasteiger partial charge is 0.0752 e. The first-order chi connectivity index (χ1) is 6.03. The Hall–Kier alpha value is -0.823. The third-order valence-electron chi connectivity index (χ3n) is 2.33. The van der Waals surface area contributed by atoms with Gasteiger partial charge >= 0.3 is 0 Å². The average molecular weight is 190 g/mol. The molecule has 0 aliphatic carbocycles. The summed E-state index contributed by atoms with van der Waals surface area (Å²) in [7, 11) is -1.17. The molecule has 1 aromatic rings. The van der Waals surface area contributed by atoms with Gasteiger partial charge in [0, 0.05) is 0 Å². The summed E-state index contributed by atoms with van der Waals surface area (Å²) in [6, 6.07) is 10.0. The Morgan fingerprint density at radius 1 is 1.23 bits per heavy atom. The van der Waals surface area contributed by atoms with Crippen molar-refractivity contribution in [1.82, 2.24) is 0 Å². The van der Waals surface area contributed by atoms with Crippen LogP contribution in [0.5, 0.6) is 0 Å². The predicted octanol–water partition coefficient (Wildman–Crippen LogP) is 3.51. The van der Waals surface area contributed by atoms with Crippen LogP contribution in [0.15, 0.2) is 36.5 Å². The Kier molecular flexibility index (Phi) is 3.10. The zero-order chi connectivity index (χ0) is 9.90. The fraction of sp³-hybridized carbons (Fsp3) is 0.333. The van der Waals surface area contributed by atoms with Crippen LogP contribution >= 0.6 is 0 Å². The van der Waals surface area contributed by atoms with Gasteiger partial charge in [0.1, 0.15) is 0 Å². The maximum atomic E-state index is 3.91. The lowest BCUT2D eigenvalue weighted by atomic mass is 10.2. The quantitative estimate of drug-likeness (QED) is 0.640. The highest BCUT2D eigenvalue weighted by atomic mass is 28.3. The highest BCUT2D eigenvalue weighted by Crippen LogP contribution is 2.13. The molecule has 0 saturated heterocycles. The summed E-state index contributed by atoms with van der Waals surface area (Å²) in [6.45, 7) is 10.7. The summed E-state index contributed by atoms with van der Waals surface area (Å²) in [5, 5.41) is 0. The lowest BCUT2D eigenvalue weighted by molar-refractivity contribution is 1.30. The Bertz CT molecular complexity index is 282. The third-order valence-corrected chi connectivity index (χ3v) is 4.76. The first kappa shape index (κ1) is 10.3. The first-order valence-electron chi connectivity index (χ1n) is 4.73. The third kappa shape index (κ3) is 3.19. The normalized spacial score (nSPS) is 11.3. The summed E-state index contributed by atoms with van der Waals surface area (Å²) in [5.74, 6) is 0. The number of hydrogen-bond acceptors (Lipinski definition) is 0. The second kappa shape index (κ2) is 3.92. The Labute approximate surface area is 82.3 Å². The van der Waals surface area contributed by atoms with Gasteiger partial charge < -0.3 is 0 Å². The van der Waals surface area contributed by atoms with Crippen LogP contribution in [-0.4, -0.2) is 8.07 Å². The summed E-state index contributed by atoms with van der Waals surface area (Å²) < 4.78 is 0. The van der Waals surface area contributed by atoms with E-state index in [2.05, 4.69) is 56.6 Å². The minimum Gasteiger partial charge on any atom is -0.107 e. The van der Waals surface area contributed by atoms with Crippen LogP contribution in [0.4, 0.5) is 0 Å². The molecule has 0 unspecified atom stereocenters. The van der Waals surface area contributed by atoms with Crippen molar-refractivity contribution in [3.63, 3.8) is 0 Å². The molecule has 0 heterocycles. The van der Waals surface area contributed by atoms with E-state index >= 15 is 0 Å². The molecule has 0 aliphatic rings. The van der Waals surface area contributed by atoms with Crippen molar-refractivity contribution < 1.29 is 0 Å². The zero-order valence-corrected chi connectivity index (χ0v) is 9.80. The van der Waals surface area contributed by atoms with Crippen molar-refractivity contribution in [3.05, 3.63) is 47.7 Å². The van der Waals surface area contributed by atoms with Crippen LogP contribution in [0.3, 0.4) is 0 Å². The van der Waals surface area contributed by atoms with Gasteiger partial charge in [0.05, 0.1) is 8.07 Å². The molecule has 0 nitrogen and oxygen atoms in total. The second-order valence-corrected chi connectivity index (χ2v) is 9.09. The minimum atomic E-state index is -1.17. The van der Waals surface area contributed by atoms with Gasteiger partial charge in [0.15, 0.2) is 0 Å². The van der Waals surface area contributed by atoms with E-state index < -0.39 is 8.07 Å². The van der Waals surface area contributed by atoms with Gasteiger partial charge in [0.2, 0.25) is 0 Å². The van der Waals surface area contributed by atoms with Crippen LogP contribution < -0.4 is 0 Å². The number of rotatable bonds is 3. The van der Waals surface area contributed by atoms with Gasteiger partial charge in [-0.05, 0) is 13.0 Å². The molecule has 1 rings (SSSR count). The average Bonchev–Trinajstić information content (AvgIpc) is 2.09. The SMILES string of the molecule is C=C[Si](C)(C)Cc1ccc(C)cc1. The highest BCUT2D eigenvalue weighted by molar-refractivity contribution is 6.81. The first-order valence-corrected chi connectivity index (χ1v) is 8.01. The Morgan fingerprint density at radius 3 is 2.23 bits per heavy atom. The molecule has 0 fully saturated rings. The van der Waals surface area contributed by atoms with Gasteiger partial charge in [-0.25, -0.2) is 0 Å². The van der Waals surface area contributed by atoms with E-state index in [1.54, 1.807) is 0 Å². The van der Waals surface area contributed by atoms with Gasteiger partial charge in [-0.2, -0.15) is 0 Å². The molecule has 0 bridgehead atoms. The van der Waals surface area contributed by atoms with E-state index in [0.29, 0.717) is 0 Å². The minimum absolute atomic E-state index is 1.17. The number of benzene rings is 1. The van der Waals surface area contributed by atoms with E-state index in [0.717, 1.165) is 0 Å². The van der Waals surface area contributed by atoms with E-state index in [9.17, 15) is 0 Å². The standard InChI is InChI=1S/C12H18Si/c1-5-13(3,4)10-12-8-6-11(2)7-9-12/h5-9H,1,10H2,2-4H3. The fourth-order valence-corrected chi connectivity index (χ4v) is 2.74. The second-order valence-electron chi connectivity index (χ2n) is 4.36. The highest BCUT2D eigenvalue weighted by Gasteiger charge is 2.15. The molecular weight excluding hydrogens is 172 g/mol. The molecule has 0 aromatic heterocycles. The van der Waals surface area contributed by atoms with Crippen molar-refractivity contribution in [2.24, 2.45) is 0 Å².